The molecule has 0 fully saturated rings. The van der Waals surface area contributed by atoms with Crippen molar-refractivity contribution < 1.29 is 14.6 Å². The van der Waals surface area contributed by atoms with E-state index in [-0.39, 0.29) is 30.6 Å². The van der Waals surface area contributed by atoms with E-state index in [1.807, 2.05) is 43.3 Å². The highest BCUT2D eigenvalue weighted by molar-refractivity contribution is 5.83. The van der Waals surface area contributed by atoms with Crippen LogP contribution in [-0.2, 0) is 22.4 Å². The van der Waals surface area contributed by atoms with Crippen LogP contribution in [0.4, 0.5) is 0 Å². The normalized spacial score (nSPS) is 13.4. The van der Waals surface area contributed by atoms with Crippen molar-refractivity contribution in [3.63, 3.8) is 0 Å². The molecule has 4 N–H and O–H groups in total. The van der Waals surface area contributed by atoms with Crippen LogP contribution < -0.4 is 11.1 Å². The summed E-state index contributed by atoms with van der Waals surface area (Å²) in [6.07, 6.45) is 0.255. The molecule has 38 heavy (non-hydrogen) atoms. The van der Waals surface area contributed by atoms with Crippen molar-refractivity contribution in [3.05, 3.63) is 108 Å². The van der Waals surface area contributed by atoms with Crippen molar-refractivity contribution in [2.45, 2.75) is 51.4 Å². The highest BCUT2D eigenvalue weighted by atomic mass is 16.5. The van der Waals surface area contributed by atoms with Crippen LogP contribution in [0.3, 0.4) is 0 Å². The number of nitrogens with one attached hydrogen (secondary N) is 1. The molecule has 4 rings (SSSR count). The van der Waals surface area contributed by atoms with Crippen molar-refractivity contribution >= 4 is 16.7 Å². The van der Waals surface area contributed by atoms with Gasteiger partial charge in [0.05, 0.1) is 25.2 Å². The summed E-state index contributed by atoms with van der Waals surface area (Å²) in [7, 11) is 0. The number of aliphatic hydroxyl groups is 1. The van der Waals surface area contributed by atoms with Crippen LogP contribution in [0.2, 0.25) is 0 Å². The van der Waals surface area contributed by atoms with Crippen LogP contribution in [0.1, 0.15) is 43.6 Å². The number of carbonyl (C=O) groups is 1. The number of hydrogen-bond acceptors (Lipinski definition) is 4. The molecule has 0 saturated carbocycles. The molecule has 4 aromatic carbocycles. The van der Waals surface area contributed by atoms with Crippen LogP contribution in [0, 0.1) is 0 Å². The summed E-state index contributed by atoms with van der Waals surface area (Å²) in [5.74, 6) is -0.342. The van der Waals surface area contributed by atoms with Crippen LogP contribution in [0.25, 0.3) is 21.9 Å². The smallest absolute Gasteiger partial charge is 0.221 e. The highest BCUT2D eigenvalue weighted by Gasteiger charge is 2.20. The Labute approximate surface area is 225 Å². The summed E-state index contributed by atoms with van der Waals surface area (Å²) in [4.78, 5) is 11.2. The van der Waals surface area contributed by atoms with Gasteiger partial charge in [0.25, 0.3) is 0 Å². The minimum atomic E-state index is -0.631. The number of ether oxygens (including phenoxy) is 1. The SMILES string of the molecule is CC(OC[C@H](O)CNC(C)(C)Cc1ccc2ccccc2c1)c1ccccc1-c1ccc(CC(N)=O)cc1. The van der Waals surface area contributed by atoms with E-state index in [4.69, 9.17) is 10.5 Å². The lowest BCUT2D eigenvalue weighted by Crippen LogP contribution is -2.46. The number of β-amino-alcohol motifs (C(OH)–C–C–N with tert-alkyl or cyclic N) is 1. The van der Waals surface area contributed by atoms with Gasteiger partial charge in [0, 0.05) is 12.1 Å². The van der Waals surface area contributed by atoms with Crippen LogP contribution in [0.15, 0.2) is 91.0 Å². The molecular formula is C33H38N2O3. The number of primary amides is 1. The van der Waals surface area contributed by atoms with Crippen molar-refractivity contribution in [1.29, 1.82) is 0 Å². The standard InChI is InChI=1S/C33H38N2O3/c1-23(30-10-6-7-11-31(30)27-16-12-24(13-17-27)19-32(34)37)38-22-29(36)21-35-33(2,3)20-25-14-15-26-8-4-5-9-28(26)18-25/h4-18,23,29,35-36H,19-22H2,1-3H3,(H2,34,37)/t23?,29-/m1/s1. The zero-order chi connectivity index (χ0) is 27.1. The van der Waals surface area contributed by atoms with Gasteiger partial charge in [-0.25, -0.2) is 0 Å². The maximum Gasteiger partial charge on any atom is 0.221 e. The number of nitrogens with two attached hydrogens (primary N) is 1. The van der Waals surface area contributed by atoms with Gasteiger partial charge in [-0.1, -0.05) is 91.0 Å². The second-order valence-corrected chi connectivity index (χ2v) is 10.7. The molecule has 0 radical (unpaired) electrons. The van der Waals surface area contributed by atoms with Gasteiger partial charge in [-0.05, 0) is 65.8 Å². The number of benzene rings is 4. The molecule has 0 aliphatic heterocycles. The minimum absolute atomic E-state index is 0.178. The third-order valence-corrected chi connectivity index (χ3v) is 6.86. The Kier molecular flexibility index (Phi) is 8.95. The average molecular weight is 511 g/mol. The number of carbonyl (C=O) groups excluding carboxylic acids is 1. The Hall–Kier alpha value is -3.51. The van der Waals surface area contributed by atoms with Crippen molar-refractivity contribution in [1.82, 2.24) is 5.32 Å². The van der Waals surface area contributed by atoms with Crippen molar-refractivity contribution in [2.24, 2.45) is 5.73 Å². The number of aliphatic hydroxyl groups excluding tert-OH is 1. The molecule has 5 nitrogen and oxygen atoms in total. The lowest BCUT2D eigenvalue weighted by atomic mass is 9.93. The molecule has 198 valence electrons. The van der Waals surface area contributed by atoms with E-state index in [0.29, 0.717) is 6.54 Å². The van der Waals surface area contributed by atoms with E-state index >= 15 is 0 Å². The third kappa shape index (κ3) is 7.51. The fourth-order valence-corrected chi connectivity index (χ4v) is 4.84. The molecule has 0 aromatic heterocycles. The van der Waals surface area contributed by atoms with E-state index in [1.165, 1.54) is 16.3 Å². The second-order valence-electron chi connectivity index (χ2n) is 10.7. The monoisotopic (exact) mass is 510 g/mol. The van der Waals surface area contributed by atoms with Crippen LogP contribution in [-0.4, -0.2) is 35.8 Å². The Balaban J connectivity index is 1.31. The summed E-state index contributed by atoms with van der Waals surface area (Å²) in [5.41, 5.74) is 10.4. The topological polar surface area (TPSA) is 84.6 Å². The van der Waals surface area contributed by atoms with Gasteiger partial charge in [0.15, 0.2) is 0 Å². The molecule has 0 aliphatic carbocycles. The highest BCUT2D eigenvalue weighted by Crippen LogP contribution is 2.30. The van der Waals surface area contributed by atoms with Gasteiger partial charge in [-0.3, -0.25) is 4.79 Å². The first-order chi connectivity index (χ1) is 18.2. The van der Waals surface area contributed by atoms with Gasteiger partial charge in [-0.15, -0.1) is 0 Å². The van der Waals surface area contributed by atoms with Gasteiger partial charge in [-0.2, -0.15) is 0 Å². The Morgan fingerprint density at radius 2 is 1.58 bits per heavy atom. The quantitative estimate of drug-likeness (QED) is 0.232. The summed E-state index contributed by atoms with van der Waals surface area (Å²) >= 11 is 0. The Morgan fingerprint density at radius 1 is 0.921 bits per heavy atom. The van der Waals surface area contributed by atoms with Crippen molar-refractivity contribution in [3.8, 4) is 11.1 Å². The maximum atomic E-state index is 11.2. The van der Waals surface area contributed by atoms with Gasteiger partial charge in [0.1, 0.15) is 0 Å². The molecule has 1 unspecified atom stereocenters. The van der Waals surface area contributed by atoms with Gasteiger partial charge in [0.2, 0.25) is 5.91 Å². The number of hydrogen-bond donors (Lipinski definition) is 3. The van der Waals surface area contributed by atoms with E-state index in [9.17, 15) is 9.90 Å². The molecule has 0 bridgehead atoms. The number of rotatable bonds is 12. The van der Waals surface area contributed by atoms with Gasteiger partial charge >= 0.3 is 0 Å². The summed E-state index contributed by atoms with van der Waals surface area (Å²) in [6.45, 7) is 6.99. The first-order valence-corrected chi connectivity index (χ1v) is 13.2. The van der Waals surface area contributed by atoms with E-state index in [1.54, 1.807) is 0 Å². The van der Waals surface area contributed by atoms with E-state index < -0.39 is 6.10 Å². The number of fused-ring (bicyclic) bond motifs is 1. The van der Waals surface area contributed by atoms with Crippen LogP contribution in [0.5, 0.6) is 0 Å². The maximum absolute atomic E-state index is 11.2. The summed E-state index contributed by atoms with van der Waals surface area (Å²) in [6, 6.07) is 30.9. The zero-order valence-corrected chi connectivity index (χ0v) is 22.5. The van der Waals surface area contributed by atoms with Gasteiger partial charge < -0.3 is 20.9 Å². The van der Waals surface area contributed by atoms with E-state index in [2.05, 4.69) is 73.8 Å². The predicted molar refractivity (Wildman–Crippen MR) is 155 cm³/mol. The van der Waals surface area contributed by atoms with E-state index in [0.717, 1.165) is 28.7 Å². The molecule has 2 atom stereocenters. The lowest BCUT2D eigenvalue weighted by molar-refractivity contribution is -0.117. The molecule has 1 amide bonds. The zero-order valence-electron chi connectivity index (χ0n) is 22.5. The Bertz CT molecular complexity index is 1360. The predicted octanol–water partition coefficient (Wildman–Crippen LogP) is 5.58. The molecule has 0 aliphatic rings. The first-order valence-electron chi connectivity index (χ1n) is 13.2. The summed E-state index contributed by atoms with van der Waals surface area (Å²) in [5, 5.41) is 16.7. The minimum Gasteiger partial charge on any atom is -0.389 e. The first kappa shape index (κ1) is 27.5. The van der Waals surface area contributed by atoms with Crippen LogP contribution >= 0.6 is 0 Å². The molecular weight excluding hydrogens is 472 g/mol. The third-order valence-electron chi connectivity index (χ3n) is 6.86. The summed E-state index contributed by atoms with van der Waals surface area (Å²) < 4.78 is 6.11. The lowest BCUT2D eigenvalue weighted by Gasteiger charge is -2.28. The molecule has 0 saturated heterocycles. The second kappa shape index (κ2) is 12.4. The molecule has 0 spiro atoms. The molecule has 4 aromatic rings. The fourth-order valence-electron chi connectivity index (χ4n) is 4.84. The Morgan fingerprint density at radius 3 is 2.32 bits per heavy atom. The largest absolute Gasteiger partial charge is 0.389 e. The molecule has 5 heteroatoms. The fraction of sp³-hybridized carbons (Fsp3) is 0.303. The molecule has 0 heterocycles. The average Bonchev–Trinajstić information content (AvgIpc) is 2.90. The number of amides is 1. The van der Waals surface area contributed by atoms with Crippen molar-refractivity contribution in [2.75, 3.05) is 13.2 Å².